The number of aliphatic imine (C=N–C) groups is 1. The lowest BCUT2D eigenvalue weighted by Gasteiger charge is -2.07. The predicted molar refractivity (Wildman–Crippen MR) is 131 cm³/mol. The zero-order valence-electron chi connectivity index (χ0n) is 17.5. The summed E-state index contributed by atoms with van der Waals surface area (Å²) in [4.78, 5) is 8.60. The fraction of sp³-hybridized carbons (Fsp3) is 0.167. The Morgan fingerprint density at radius 1 is 0.938 bits per heavy atom. The van der Waals surface area contributed by atoms with Gasteiger partial charge in [-0.2, -0.15) is 0 Å². The van der Waals surface area contributed by atoms with E-state index in [4.69, 9.17) is 20.9 Å². The highest BCUT2D eigenvalue weighted by molar-refractivity contribution is 7.22. The zero-order valence-corrected chi connectivity index (χ0v) is 18.3. The van der Waals surface area contributed by atoms with Gasteiger partial charge in [0.05, 0.1) is 16.8 Å². The molecule has 0 atom stereocenters. The number of ether oxygens (including phenoxy) is 2. The molecular formula is C24H25N5O2S. The minimum Gasteiger partial charge on any atom is -0.494 e. The number of hydrogen-bond donors (Lipinski definition) is 3. The average Bonchev–Trinajstić information content (AvgIpc) is 3.21. The van der Waals surface area contributed by atoms with Crippen molar-refractivity contribution in [2.45, 2.75) is 13.0 Å². The van der Waals surface area contributed by atoms with Crippen molar-refractivity contribution in [2.75, 3.05) is 18.5 Å². The van der Waals surface area contributed by atoms with E-state index < -0.39 is 0 Å². The second-order valence-corrected chi connectivity index (χ2v) is 8.10. The van der Waals surface area contributed by atoms with Gasteiger partial charge < -0.3 is 26.3 Å². The number of benzene rings is 3. The molecule has 7 nitrogen and oxygen atoms in total. The van der Waals surface area contributed by atoms with E-state index in [1.54, 1.807) is 11.3 Å². The van der Waals surface area contributed by atoms with Gasteiger partial charge in [0.15, 0.2) is 11.1 Å². The van der Waals surface area contributed by atoms with E-state index in [9.17, 15) is 0 Å². The molecule has 5 N–H and O–H groups in total. The van der Waals surface area contributed by atoms with Gasteiger partial charge >= 0.3 is 0 Å². The molecule has 0 radical (unpaired) electrons. The molecule has 3 aromatic carbocycles. The summed E-state index contributed by atoms with van der Waals surface area (Å²) in [6.07, 6.45) is 0.761. The van der Waals surface area contributed by atoms with Gasteiger partial charge in [-0.05, 0) is 42.0 Å². The highest BCUT2D eigenvalue weighted by Crippen LogP contribution is 2.31. The summed E-state index contributed by atoms with van der Waals surface area (Å²) in [5.41, 5.74) is 12.7. The number of rotatable bonds is 10. The molecule has 0 fully saturated rings. The third-order valence-electron chi connectivity index (χ3n) is 4.57. The van der Waals surface area contributed by atoms with E-state index in [0.717, 1.165) is 44.6 Å². The molecule has 0 aliphatic rings. The van der Waals surface area contributed by atoms with Crippen LogP contribution in [0.3, 0.4) is 0 Å². The van der Waals surface area contributed by atoms with Gasteiger partial charge in [0.1, 0.15) is 17.2 Å². The summed E-state index contributed by atoms with van der Waals surface area (Å²) >= 11 is 1.61. The van der Waals surface area contributed by atoms with Crippen LogP contribution in [0.4, 0.5) is 5.13 Å². The van der Waals surface area contributed by atoms with Crippen molar-refractivity contribution in [3.05, 3.63) is 78.4 Å². The summed E-state index contributed by atoms with van der Waals surface area (Å²) in [7, 11) is 0. The first-order chi connectivity index (χ1) is 15.7. The monoisotopic (exact) mass is 447 g/mol. The number of fused-ring (bicyclic) bond motifs is 1. The van der Waals surface area contributed by atoms with Gasteiger partial charge in [0.25, 0.3) is 0 Å². The van der Waals surface area contributed by atoms with Crippen LogP contribution in [0.1, 0.15) is 12.0 Å². The topological polar surface area (TPSA) is 108 Å². The van der Waals surface area contributed by atoms with Crippen LogP contribution in [0, 0.1) is 0 Å². The van der Waals surface area contributed by atoms with Crippen LogP contribution in [-0.2, 0) is 6.54 Å². The van der Waals surface area contributed by atoms with E-state index in [0.29, 0.717) is 19.7 Å². The number of anilines is 1. The molecule has 8 heteroatoms. The van der Waals surface area contributed by atoms with Crippen molar-refractivity contribution >= 4 is 32.6 Å². The maximum Gasteiger partial charge on any atom is 0.185 e. The fourth-order valence-corrected chi connectivity index (χ4v) is 3.90. The zero-order chi connectivity index (χ0) is 22.2. The molecule has 0 aliphatic carbocycles. The van der Waals surface area contributed by atoms with Crippen LogP contribution in [-0.4, -0.2) is 24.1 Å². The molecule has 32 heavy (non-hydrogen) atoms. The Hall–Kier alpha value is -3.78. The van der Waals surface area contributed by atoms with Crippen LogP contribution in [0.25, 0.3) is 10.2 Å². The molecule has 0 bridgehead atoms. The van der Waals surface area contributed by atoms with E-state index in [-0.39, 0.29) is 5.96 Å². The largest absolute Gasteiger partial charge is 0.494 e. The number of hydrogen-bond acceptors (Lipinski definition) is 6. The lowest BCUT2D eigenvalue weighted by molar-refractivity contribution is 0.313. The van der Waals surface area contributed by atoms with E-state index >= 15 is 0 Å². The van der Waals surface area contributed by atoms with Crippen LogP contribution in [0.15, 0.2) is 77.8 Å². The summed E-state index contributed by atoms with van der Waals surface area (Å²) in [5.74, 6) is 2.55. The molecule has 0 amide bonds. The first kappa shape index (κ1) is 21.5. The molecule has 1 heterocycles. The van der Waals surface area contributed by atoms with Gasteiger partial charge in [-0.15, -0.1) is 0 Å². The second-order valence-electron chi connectivity index (χ2n) is 7.07. The molecule has 0 aliphatic heterocycles. The lowest BCUT2D eigenvalue weighted by Crippen LogP contribution is -2.23. The van der Waals surface area contributed by atoms with Gasteiger partial charge in [0.2, 0.25) is 0 Å². The molecular weight excluding hydrogens is 422 g/mol. The average molecular weight is 448 g/mol. The number of guanidine groups is 1. The quantitative estimate of drug-likeness (QED) is 0.184. The van der Waals surface area contributed by atoms with Crippen molar-refractivity contribution in [1.29, 1.82) is 0 Å². The van der Waals surface area contributed by atoms with Gasteiger partial charge in [-0.25, -0.2) is 4.98 Å². The third-order valence-corrected chi connectivity index (χ3v) is 5.55. The van der Waals surface area contributed by atoms with Gasteiger partial charge in [-0.1, -0.05) is 41.7 Å². The lowest BCUT2D eigenvalue weighted by atomic mass is 10.2. The molecule has 164 valence electrons. The first-order valence-electron chi connectivity index (χ1n) is 10.3. The second kappa shape index (κ2) is 10.5. The van der Waals surface area contributed by atoms with Crippen molar-refractivity contribution in [1.82, 2.24) is 4.98 Å². The number of nitrogens with one attached hydrogen (secondary N) is 1. The Kier molecular flexibility index (Phi) is 7.04. The predicted octanol–water partition coefficient (Wildman–Crippen LogP) is 4.74. The smallest absolute Gasteiger partial charge is 0.185 e. The van der Waals surface area contributed by atoms with E-state index in [1.807, 2.05) is 72.8 Å². The van der Waals surface area contributed by atoms with Crippen molar-refractivity contribution in [3.8, 4) is 17.2 Å². The van der Waals surface area contributed by atoms with Crippen molar-refractivity contribution in [3.63, 3.8) is 0 Å². The highest BCUT2D eigenvalue weighted by Gasteiger charge is 2.06. The number of para-hydroxylation sites is 1. The molecule has 1 aromatic heterocycles. The van der Waals surface area contributed by atoms with Gasteiger partial charge in [0, 0.05) is 25.6 Å². The number of nitrogens with zero attached hydrogens (tertiary/aromatic N) is 2. The van der Waals surface area contributed by atoms with Crippen LogP contribution in [0.2, 0.25) is 0 Å². The number of thiazole rings is 1. The van der Waals surface area contributed by atoms with Crippen molar-refractivity contribution < 1.29 is 9.47 Å². The summed E-state index contributed by atoms with van der Waals surface area (Å²) < 4.78 is 12.7. The minimum absolute atomic E-state index is 0.107. The Balaban J connectivity index is 1.29. The Morgan fingerprint density at radius 3 is 2.50 bits per heavy atom. The van der Waals surface area contributed by atoms with Crippen molar-refractivity contribution in [2.24, 2.45) is 16.5 Å². The SMILES string of the molecule is NC(N)=NCCCOc1ccc(CNc2nc3ccc(Oc4ccccc4)cc3s2)cc1. The van der Waals surface area contributed by atoms with Crippen LogP contribution >= 0.6 is 11.3 Å². The summed E-state index contributed by atoms with van der Waals surface area (Å²) in [6, 6.07) is 23.7. The Morgan fingerprint density at radius 2 is 1.72 bits per heavy atom. The molecule has 4 rings (SSSR count). The summed E-state index contributed by atoms with van der Waals surface area (Å²) in [6.45, 7) is 1.81. The van der Waals surface area contributed by atoms with Gasteiger partial charge in [-0.3, -0.25) is 4.99 Å². The number of aromatic nitrogens is 1. The maximum atomic E-state index is 5.92. The Labute approximate surface area is 190 Å². The normalized spacial score (nSPS) is 10.6. The van der Waals surface area contributed by atoms with Crippen LogP contribution in [0.5, 0.6) is 17.2 Å². The molecule has 4 aromatic rings. The highest BCUT2D eigenvalue weighted by atomic mass is 32.1. The first-order valence-corrected chi connectivity index (χ1v) is 11.1. The fourth-order valence-electron chi connectivity index (χ4n) is 3.01. The maximum absolute atomic E-state index is 5.92. The van der Waals surface area contributed by atoms with E-state index in [1.165, 1.54) is 0 Å². The molecule has 0 saturated heterocycles. The third kappa shape index (κ3) is 6.12. The molecule has 0 unspecified atom stereocenters. The summed E-state index contributed by atoms with van der Waals surface area (Å²) in [5, 5.41) is 4.27. The molecule has 0 spiro atoms. The molecule has 0 saturated carbocycles. The Bertz CT molecular complexity index is 1170. The minimum atomic E-state index is 0.107. The van der Waals surface area contributed by atoms with Crippen LogP contribution < -0.4 is 26.3 Å². The van der Waals surface area contributed by atoms with E-state index in [2.05, 4.69) is 15.3 Å². The standard InChI is InChI=1S/C24H25N5O2S/c25-23(26)27-13-4-14-30-18-9-7-17(8-10-18)16-28-24-29-21-12-11-20(15-22(21)32-24)31-19-5-2-1-3-6-19/h1-3,5-12,15H,4,13-14,16H2,(H,28,29)(H4,25,26,27). The number of nitrogens with two attached hydrogens (primary N) is 2.